The number of halogens is 4. The van der Waals surface area contributed by atoms with Gasteiger partial charge in [-0.3, -0.25) is 0 Å². The van der Waals surface area contributed by atoms with Crippen LogP contribution in [0.15, 0.2) is 0 Å². The summed E-state index contributed by atoms with van der Waals surface area (Å²) < 4.78 is 41.9. The van der Waals surface area contributed by atoms with E-state index >= 15 is 0 Å². The van der Waals surface area contributed by atoms with Gasteiger partial charge in [0.1, 0.15) is 5.56 Å². The molecule has 0 atom stereocenters. The van der Waals surface area contributed by atoms with Crippen LogP contribution < -0.4 is 0 Å². The van der Waals surface area contributed by atoms with Crippen molar-refractivity contribution in [2.45, 2.75) is 13.1 Å². The van der Waals surface area contributed by atoms with Gasteiger partial charge in [0.15, 0.2) is 5.69 Å². The molecule has 0 fully saturated rings. The molecule has 1 rings (SSSR count). The Morgan fingerprint density at radius 3 is 2.38 bits per heavy atom. The number of aryl methyl sites for hydroxylation is 1. The van der Waals surface area contributed by atoms with Crippen molar-refractivity contribution >= 4 is 17.6 Å². The Kier molecular flexibility index (Phi) is 3.37. The third kappa shape index (κ3) is 2.41. The van der Waals surface area contributed by atoms with Gasteiger partial charge in [0.05, 0.1) is 12.8 Å². The van der Waals surface area contributed by atoms with Crippen LogP contribution in [0.1, 0.15) is 21.7 Å². The summed E-state index contributed by atoms with van der Waals surface area (Å²) in [4.78, 5) is 17.6. The molecule has 0 N–H and O–H groups in total. The average Bonchev–Trinajstić information content (AvgIpc) is 2.14. The van der Waals surface area contributed by atoms with Crippen LogP contribution in [0.5, 0.6) is 0 Å². The van der Waals surface area contributed by atoms with Gasteiger partial charge in [-0.2, -0.15) is 13.2 Å². The van der Waals surface area contributed by atoms with E-state index in [-0.39, 0.29) is 5.69 Å². The smallest absolute Gasteiger partial charge is 0.434 e. The number of alkyl halides is 3. The van der Waals surface area contributed by atoms with Gasteiger partial charge in [0.25, 0.3) is 0 Å². The molecule has 0 aliphatic carbocycles. The summed E-state index contributed by atoms with van der Waals surface area (Å²) in [6.45, 7) is 1.22. The Balaban J connectivity index is 3.51. The second-order valence-electron chi connectivity index (χ2n) is 2.79. The van der Waals surface area contributed by atoms with E-state index in [0.29, 0.717) is 0 Å². The number of carbonyl (C=O) groups is 1. The van der Waals surface area contributed by atoms with Gasteiger partial charge in [-0.25, -0.2) is 14.8 Å². The SMILES string of the molecule is COC(=O)c1c(C)nc(Cl)nc1C(F)(F)F. The van der Waals surface area contributed by atoms with E-state index in [1.165, 1.54) is 6.92 Å². The van der Waals surface area contributed by atoms with Gasteiger partial charge in [-0.05, 0) is 18.5 Å². The maximum atomic E-state index is 12.5. The van der Waals surface area contributed by atoms with Crippen LogP contribution in [-0.2, 0) is 10.9 Å². The summed E-state index contributed by atoms with van der Waals surface area (Å²) in [5.74, 6) is -1.15. The second kappa shape index (κ2) is 4.25. The second-order valence-corrected chi connectivity index (χ2v) is 3.13. The molecule has 0 saturated carbocycles. The number of carbonyl (C=O) groups excluding carboxylic acids is 1. The summed E-state index contributed by atoms with van der Waals surface area (Å²) in [5.41, 5.74) is -2.30. The zero-order valence-corrected chi connectivity index (χ0v) is 8.98. The van der Waals surface area contributed by atoms with Gasteiger partial charge < -0.3 is 4.74 Å². The van der Waals surface area contributed by atoms with Crippen LogP contribution in [0.4, 0.5) is 13.2 Å². The van der Waals surface area contributed by atoms with E-state index in [2.05, 4.69) is 14.7 Å². The fraction of sp³-hybridized carbons (Fsp3) is 0.375. The van der Waals surface area contributed by atoms with Gasteiger partial charge in [0.2, 0.25) is 5.28 Å². The molecule has 4 nitrogen and oxygen atoms in total. The zero-order chi connectivity index (χ0) is 12.5. The van der Waals surface area contributed by atoms with Crippen molar-refractivity contribution in [3.8, 4) is 0 Å². The van der Waals surface area contributed by atoms with Crippen molar-refractivity contribution in [2.75, 3.05) is 7.11 Å². The van der Waals surface area contributed by atoms with Crippen molar-refractivity contribution in [2.24, 2.45) is 0 Å². The van der Waals surface area contributed by atoms with E-state index in [1.54, 1.807) is 0 Å². The summed E-state index contributed by atoms with van der Waals surface area (Å²) >= 11 is 5.30. The molecule has 88 valence electrons. The molecule has 0 aliphatic heterocycles. The standard InChI is InChI=1S/C8H6ClF3N2O2/c1-3-4(6(15)16-2)5(8(10,11)12)14-7(9)13-3/h1-2H3. The Hall–Kier alpha value is -1.37. The van der Waals surface area contributed by atoms with Crippen LogP contribution in [0.3, 0.4) is 0 Å². The molecule has 0 unspecified atom stereocenters. The molecular weight excluding hydrogens is 249 g/mol. The number of hydrogen-bond acceptors (Lipinski definition) is 4. The number of hydrogen-bond donors (Lipinski definition) is 0. The van der Waals surface area contributed by atoms with E-state index in [1.807, 2.05) is 0 Å². The first-order chi connectivity index (χ1) is 7.27. The molecule has 1 heterocycles. The van der Waals surface area contributed by atoms with E-state index < -0.39 is 28.7 Å². The van der Waals surface area contributed by atoms with Gasteiger partial charge in [-0.15, -0.1) is 0 Å². The molecular formula is C8H6ClF3N2O2. The number of ether oxygens (including phenoxy) is 1. The highest BCUT2D eigenvalue weighted by atomic mass is 35.5. The lowest BCUT2D eigenvalue weighted by molar-refractivity contribution is -0.141. The fourth-order valence-electron chi connectivity index (χ4n) is 1.09. The van der Waals surface area contributed by atoms with Crippen molar-refractivity contribution < 1.29 is 22.7 Å². The van der Waals surface area contributed by atoms with Crippen LogP contribution in [0.25, 0.3) is 0 Å². The third-order valence-electron chi connectivity index (χ3n) is 1.72. The highest BCUT2D eigenvalue weighted by molar-refractivity contribution is 6.28. The molecule has 0 aliphatic rings. The summed E-state index contributed by atoms with van der Waals surface area (Å²) in [5, 5.41) is -0.572. The average molecular weight is 255 g/mol. The lowest BCUT2D eigenvalue weighted by Gasteiger charge is -2.11. The number of methoxy groups -OCH3 is 1. The van der Waals surface area contributed by atoms with Gasteiger partial charge in [0, 0.05) is 0 Å². The predicted octanol–water partition coefficient (Wildman–Crippen LogP) is 2.24. The van der Waals surface area contributed by atoms with E-state index in [9.17, 15) is 18.0 Å². The molecule has 1 aromatic heterocycles. The maximum absolute atomic E-state index is 12.5. The minimum atomic E-state index is -4.79. The molecule has 0 saturated heterocycles. The van der Waals surface area contributed by atoms with Crippen molar-refractivity contribution in [1.82, 2.24) is 9.97 Å². The summed E-state index contributed by atoms with van der Waals surface area (Å²) in [6.07, 6.45) is -4.79. The van der Waals surface area contributed by atoms with Gasteiger partial charge in [-0.1, -0.05) is 0 Å². The Morgan fingerprint density at radius 2 is 1.94 bits per heavy atom. The van der Waals surface area contributed by atoms with Crippen LogP contribution in [0.2, 0.25) is 5.28 Å². The van der Waals surface area contributed by atoms with Crippen LogP contribution >= 0.6 is 11.6 Å². The monoisotopic (exact) mass is 254 g/mol. The maximum Gasteiger partial charge on any atom is 0.434 e. The largest absolute Gasteiger partial charge is 0.465 e. The Bertz CT molecular complexity index is 434. The Labute approximate surface area is 93.4 Å². The molecule has 0 aromatic carbocycles. The number of esters is 1. The highest BCUT2D eigenvalue weighted by Crippen LogP contribution is 2.32. The van der Waals surface area contributed by atoms with Gasteiger partial charge >= 0.3 is 12.1 Å². The summed E-state index contributed by atoms with van der Waals surface area (Å²) in [6, 6.07) is 0. The van der Waals surface area contributed by atoms with Crippen LogP contribution in [-0.4, -0.2) is 23.0 Å². The molecule has 8 heteroatoms. The normalized spacial score (nSPS) is 11.4. The first-order valence-electron chi connectivity index (χ1n) is 3.97. The molecule has 0 amide bonds. The lowest BCUT2D eigenvalue weighted by Crippen LogP contribution is -2.19. The molecule has 0 radical (unpaired) electrons. The molecule has 16 heavy (non-hydrogen) atoms. The fourth-order valence-corrected chi connectivity index (χ4v) is 1.30. The number of nitrogens with zero attached hydrogens (tertiary/aromatic N) is 2. The zero-order valence-electron chi connectivity index (χ0n) is 8.22. The van der Waals surface area contributed by atoms with Crippen molar-refractivity contribution in [3.63, 3.8) is 0 Å². The molecule has 0 bridgehead atoms. The minimum absolute atomic E-state index is 0.181. The minimum Gasteiger partial charge on any atom is -0.465 e. The molecule has 0 spiro atoms. The quantitative estimate of drug-likeness (QED) is 0.570. The number of aromatic nitrogens is 2. The first-order valence-corrected chi connectivity index (χ1v) is 4.34. The lowest BCUT2D eigenvalue weighted by atomic mass is 10.1. The highest BCUT2D eigenvalue weighted by Gasteiger charge is 2.39. The third-order valence-corrected chi connectivity index (χ3v) is 1.89. The first kappa shape index (κ1) is 12.7. The topological polar surface area (TPSA) is 52.1 Å². The van der Waals surface area contributed by atoms with Crippen LogP contribution in [0, 0.1) is 6.92 Å². The van der Waals surface area contributed by atoms with E-state index in [0.717, 1.165) is 7.11 Å². The van der Waals surface area contributed by atoms with Crippen molar-refractivity contribution in [3.05, 3.63) is 22.2 Å². The molecule has 1 aromatic rings. The summed E-state index contributed by atoms with van der Waals surface area (Å²) in [7, 11) is 0.969. The Morgan fingerprint density at radius 1 is 1.38 bits per heavy atom. The predicted molar refractivity (Wildman–Crippen MR) is 48.1 cm³/mol. The van der Waals surface area contributed by atoms with E-state index in [4.69, 9.17) is 11.6 Å². The number of rotatable bonds is 1. The van der Waals surface area contributed by atoms with Crippen molar-refractivity contribution in [1.29, 1.82) is 0 Å².